The van der Waals surface area contributed by atoms with Crippen molar-refractivity contribution in [3.63, 3.8) is 0 Å². The zero-order chi connectivity index (χ0) is 23.8. The van der Waals surface area contributed by atoms with Crippen molar-refractivity contribution in [1.82, 2.24) is 0 Å². The van der Waals surface area contributed by atoms with Crippen molar-refractivity contribution in [2.24, 2.45) is 5.73 Å². The van der Waals surface area contributed by atoms with E-state index in [2.05, 4.69) is 4.52 Å². The van der Waals surface area contributed by atoms with Gasteiger partial charge in [-0.2, -0.15) is 0 Å². The van der Waals surface area contributed by atoms with Crippen LogP contribution in [-0.4, -0.2) is 42.3 Å². The van der Waals surface area contributed by atoms with Gasteiger partial charge in [-0.05, 0) is 62.1 Å². The fourth-order valence-corrected chi connectivity index (χ4v) is 3.73. The molecule has 178 valence electrons. The van der Waals surface area contributed by atoms with Gasteiger partial charge in [0.25, 0.3) is 0 Å². The summed E-state index contributed by atoms with van der Waals surface area (Å²) in [6, 6.07) is 11.4. The van der Waals surface area contributed by atoms with Gasteiger partial charge < -0.3 is 29.7 Å². The van der Waals surface area contributed by atoms with E-state index in [1.807, 2.05) is 37.3 Å². The summed E-state index contributed by atoms with van der Waals surface area (Å²) in [4.78, 5) is 17.7. The maximum atomic E-state index is 10.9. The van der Waals surface area contributed by atoms with Gasteiger partial charge in [-0.3, -0.25) is 4.52 Å². The van der Waals surface area contributed by atoms with Gasteiger partial charge in [-0.15, -0.1) is 0 Å². The number of rotatable bonds is 13. The first-order chi connectivity index (χ1) is 15.0. The fourth-order valence-electron chi connectivity index (χ4n) is 2.98. The van der Waals surface area contributed by atoms with Crippen molar-refractivity contribution >= 4 is 19.4 Å². The summed E-state index contributed by atoms with van der Waals surface area (Å²) in [6.45, 7) is 4.39. The molecule has 0 aliphatic rings. The Morgan fingerprint density at radius 2 is 1.78 bits per heavy atom. The number of phosphoric acid groups is 1. The summed E-state index contributed by atoms with van der Waals surface area (Å²) in [5, 5.41) is 0.413. The topological polar surface area (TPSA) is 120 Å². The molecule has 32 heavy (non-hydrogen) atoms. The molecule has 0 heterocycles. The third-order valence-corrected chi connectivity index (χ3v) is 5.45. The summed E-state index contributed by atoms with van der Waals surface area (Å²) in [5.41, 5.74) is 7.14. The summed E-state index contributed by atoms with van der Waals surface area (Å²) < 4.78 is 32.2. The molecule has 0 unspecified atom stereocenters. The highest BCUT2D eigenvalue weighted by Crippen LogP contribution is 2.38. The molecule has 0 aliphatic carbocycles. The molecule has 0 amide bonds. The van der Waals surface area contributed by atoms with Gasteiger partial charge in [0.15, 0.2) is 11.5 Å². The van der Waals surface area contributed by atoms with Crippen LogP contribution in [0.3, 0.4) is 0 Å². The maximum Gasteiger partial charge on any atom is 0.469 e. The molecule has 0 radical (unpaired) electrons. The molecule has 4 N–H and O–H groups in total. The van der Waals surface area contributed by atoms with Gasteiger partial charge in [0.1, 0.15) is 5.75 Å². The first-order valence-corrected chi connectivity index (χ1v) is 12.1. The predicted octanol–water partition coefficient (Wildman–Crippen LogP) is 4.13. The Labute approximate surface area is 193 Å². The Morgan fingerprint density at radius 3 is 2.38 bits per heavy atom. The Bertz CT molecular complexity index is 915. The maximum absolute atomic E-state index is 10.9. The molecule has 2 aromatic rings. The molecule has 0 bridgehead atoms. The third kappa shape index (κ3) is 8.98. The second kappa shape index (κ2) is 11.9. The molecule has 0 aliphatic heterocycles. The van der Waals surface area contributed by atoms with E-state index in [1.165, 1.54) is 7.11 Å². The van der Waals surface area contributed by atoms with E-state index in [4.69, 9.17) is 41.3 Å². The van der Waals surface area contributed by atoms with E-state index < -0.39 is 13.4 Å². The van der Waals surface area contributed by atoms with Gasteiger partial charge in [0.2, 0.25) is 0 Å². The van der Waals surface area contributed by atoms with E-state index in [9.17, 15) is 4.57 Å². The highest BCUT2D eigenvalue weighted by atomic mass is 35.5. The molecule has 0 saturated carbocycles. The lowest BCUT2D eigenvalue weighted by Crippen LogP contribution is -2.41. The Kier molecular flexibility index (Phi) is 9.83. The van der Waals surface area contributed by atoms with Crippen LogP contribution in [0.4, 0.5) is 0 Å². The van der Waals surface area contributed by atoms with E-state index in [1.54, 1.807) is 13.0 Å². The summed E-state index contributed by atoms with van der Waals surface area (Å²) in [7, 11) is -3.03. The number of halogens is 1. The van der Waals surface area contributed by atoms with Gasteiger partial charge >= 0.3 is 7.82 Å². The number of ether oxygens (including phenoxy) is 3. The van der Waals surface area contributed by atoms with Crippen LogP contribution in [0.2, 0.25) is 5.02 Å². The van der Waals surface area contributed by atoms with E-state index in [-0.39, 0.29) is 6.61 Å². The quantitative estimate of drug-likeness (QED) is 0.361. The average molecular weight is 488 g/mol. The summed E-state index contributed by atoms with van der Waals surface area (Å²) in [6.07, 6.45) is 1.63. The largest absolute Gasteiger partial charge is 0.494 e. The zero-order valence-corrected chi connectivity index (χ0v) is 20.2. The molecule has 8 nitrogen and oxygen atoms in total. The molecule has 10 heteroatoms. The van der Waals surface area contributed by atoms with Gasteiger partial charge in [-0.1, -0.05) is 23.7 Å². The first kappa shape index (κ1) is 26.5. The average Bonchev–Trinajstić information content (AvgIpc) is 2.73. The Hall–Kier alpha value is -1.80. The number of nitrogens with two attached hydrogens (primary N) is 1. The van der Waals surface area contributed by atoms with Crippen LogP contribution in [0.15, 0.2) is 36.4 Å². The lowest BCUT2D eigenvalue weighted by molar-refractivity contribution is 0.154. The van der Waals surface area contributed by atoms with Crippen LogP contribution < -0.4 is 19.9 Å². The van der Waals surface area contributed by atoms with E-state index in [0.29, 0.717) is 49.0 Å². The highest BCUT2D eigenvalue weighted by Gasteiger charge is 2.25. The molecule has 0 aromatic heterocycles. The van der Waals surface area contributed by atoms with Crippen LogP contribution in [0, 0.1) is 0 Å². The summed E-state index contributed by atoms with van der Waals surface area (Å²) in [5.74, 6) is 1.80. The van der Waals surface area contributed by atoms with Crippen molar-refractivity contribution < 1.29 is 33.1 Å². The Morgan fingerprint density at radius 1 is 1.09 bits per heavy atom. The molecular weight excluding hydrogens is 457 g/mol. The fraction of sp³-hybridized carbons (Fsp3) is 0.455. The summed E-state index contributed by atoms with van der Waals surface area (Å²) >= 11 is 6.44. The number of aryl methyl sites for hydroxylation is 1. The van der Waals surface area contributed by atoms with Crippen molar-refractivity contribution in [3.05, 3.63) is 52.5 Å². The second-order valence-corrected chi connectivity index (χ2v) is 9.35. The van der Waals surface area contributed by atoms with Crippen molar-refractivity contribution in [1.29, 1.82) is 0 Å². The predicted molar refractivity (Wildman–Crippen MR) is 124 cm³/mol. The van der Waals surface area contributed by atoms with Crippen molar-refractivity contribution in [2.45, 2.75) is 38.6 Å². The number of hydrogen-bond acceptors (Lipinski definition) is 6. The van der Waals surface area contributed by atoms with E-state index >= 15 is 0 Å². The number of phosphoric ester groups is 1. The minimum atomic E-state index is -4.57. The first-order valence-electron chi connectivity index (χ1n) is 10.2. The molecule has 0 fully saturated rings. The number of methoxy groups -OCH3 is 1. The van der Waals surface area contributed by atoms with Crippen molar-refractivity contribution in [3.8, 4) is 17.2 Å². The smallest absolute Gasteiger partial charge is 0.469 e. The Balaban J connectivity index is 1.96. The third-order valence-electron chi connectivity index (χ3n) is 4.71. The standard InChI is InChI=1S/C22H31ClNO7P/c1-4-29-18-7-5-16(6-8-18)10-12-30-21-19(23)13-17(14-20(21)28-3)9-11-22(2,24)15-31-32(25,26)27/h5-8,13-14H,4,9-12,15,24H2,1-3H3,(H2,25,26,27)/t22-/m1/s1. The minimum Gasteiger partial charge on any atom is -0.494 e. The molecule has 0 spiro atoms. The SMILES string of the molecule is CCOc1ccc(CCOc2c(Cl)cc(CC[C@@](C)(N)COP(=O)(O)O)cc2OC)cc1. The lowest BCUT2D eigenvalue weighted by Gasteiger charge is -2.24. The van der Waals surface area contributed by atoms with Crippen LogP contribution in [0.1, 0.15) is 31.4 Å². The van der Waals surface area contributed by atoms with Crippen LogP contribution in [-0.2, 0) is 21.9 Å². The second-order valence-electron chi connectivity index (χ2n) is 7.70. The molecule has 2 aromatic carbocycles. The number of benzene rings is 2. The van der Waals surface area contributed by atoms with Crippen LogP contribution in [0.5, 0.6) is 17.2 Å². The van der Waals surface area contributed by atoms with Gasteiger partial charge in [0, 0.05) is 12.0 Å². The zero-order valence-electron chi connectivity index (χ0n) is 18.5. The molecule has 2 rings (SSSR count). The molecule has 0 saturated heterocycles. The molecular formula is C22H31ClNO7P. The lowest BCUT2D eigenvalue weighted by atomic mass is 9.95. The monoisotopic (exact) mass is 487 g/mol. The normalized spacial score (nSPS) is 13.5. The minimum absolute atomic E-state index is 0.269. The van der Waals surface area contributed by atoms with Gasteiger partial charge in [-0.25, -0.2) is 4.57 Å². The number of hydrogen-bond donors (Lipinski definition) is 3. The van der Waals surface area contributed by atoms with Crippen LogP contribution >= 0.6 is 19.4 Å². The van der Waals surface area contributed by atoms with Gasteiger partial charge in [0.05, 0.1) is 32.0 Å². The van der Waals surface area contributed by atoms with Crippen LogP contribution in [0.25, 0.3) is 0 Å². The highest BCUT2D eigenvalue weighted by molar-refractivity contribution is 7.46. The van der Waals surface area contributed by atoms with E-state index in [0.717, 1.165) is 16.9 Å². The van der Waals surface area contributed by atoms with Crippen molar-refractivity contribution in [2.75, 3.05) is 26.9 Å². The molecule has 1 atom stereocenters.